The van der Waals surface area contributed by atoms with E-state index >= 15 is 0 Å². The lowest BCUT2D eigenvalue weighted by molar-refractivity contribution is 0.313. The first kappa shape index (κ1) is 19.1. The van der Waals surface area contributed by atoms with Crippen LogP contribution in [0.4, 0.5) is 21.7 Å². The molecule has 1 aliphatic heterocycles. The summed E-state index contributed by atoms with van der Waals surface area (Å²) in [4.78, 5) is 24.5. The molecule has 2 heterocycles. The van der Waals surface area contributed by atoms with E-state index in [9.17, 15) is 9.18 Å². The fraction of sp³-hybridized carbons (Fsp3) is 0.273. The van der Waals surface area contributed by atoms with Crippen LogP contribution in [0.15, 0.2) is 53.3 Å². The summed E-state index contributed by atoms with van der Waals surface area (Å²) in [5.41, 5.74) is 3.14. The van der Waals surface area contributed by atoms with Crippen LogP contribution in [0.5, 0.6) is 0 Å². The van der Waals surface area contributed by atoms with Crippen molar-refractivity contribution in [3.63, 3.8) is 0 Å². The number of rotatable bonds is 4. The highest BCUT2D eigenvalue weighted by atomic mass is 19.1. The molecule has 29 heavy (non-hydrogen) atoms. The number of hydrogen-bond donors (Lipinski definition) is 2. The van der Waals surface area contributed by atoms with Crippen LogP contribution in [0.25, 0.3) is 11.1 Å². The van der Waals surface area contributed by atoms with E-state index in [1.165, 1.54) is 17.8 Å². The molecule has 0 aliphatic carbocycles. The Balaban J connectivity index is 1.52. The van der Waals surface area contributed by atoms with Crippen molar-refractivity contribution < 1.29 is 4.39 Å². The smallest absolute Gasteiger partial charge is 0.260 e. The van der Waals surface area contributed by atoms with Gasteiger partial charge in [0.2, 0.25) is 5.95 Å². The zero-order valence-electron chi connectivity index (χ0n) is 16.6. The van der Waals surface area contributed by atoms with Gasteiger partial charge in [0.15, 0.2) is 0 Å². The topological polar surface area (TPSA) is 64.3 Å². The maximum atomic E-state index is 13.5. The number of halogens is 1. The summed E-state index contributed by atoms with van der Waals surface area (Å²) >= 11 is 0. The van der Waals surface area contributed by atoms with Gasteiger partial charge in [-0.2, -0.15) is 0 Å². The van der Waals surface area contributed by atoms with Crippen LogP contribution in [0.2, 0.25) is 0 Å². The molecular weight excluding hydrogens is 369 g/mol. The molecule has 0 amide bonds. The van der Waals surface area contributed by atoms with Crippen molar-refractivity contribution in [2.24, 2.45) is 0 Å². The fourth-order valence-electron chi connectivity index (χ4n) is 3.59. The Morgan fingerprint density at radius 2 is 1.79 bits per heavy atom. The first-order valence-corrected chi connectivity index (χ1v) is 9.67. The minimum absolute atomic E-state index is 0.306. The molecule has 3 aromatic rings. The lowest BCUT2D eigenvalue weighted by Crippen LogP contribution is -2.44. The van der Waals surface area contributed by atoms with E-state index in [0.717, 1.165) is 31.9 Å². The summed E-state index contributed by atoms with van der Waals surface area (Å²) in [6, 6.07) is 14.1. The van der Waals surface area contributed by atoms with E-state index in [1.54, 1.807) is 19.1 Å². The molecule has 0 radical (unpaired) electrons. The summed E-state index contributed by atoms with van der Waals surface area (Å²) < 4.78 is 13.5. The number of aromatic amines is 1. The molecule has 1 aromatic heterocycles. The van der Waals surface area contributed by atoms with Crippen LogP contribution in [0.1, 0.15) is 5.69 Å². The van der Waals surface area contributed by atoms with Gasteiger partial charge in [-0.15, -0.1) is 0 Å². The minimum Gasteiger partial charge on any atom is -0.369 e. The number of likely N-dealkylation sites (N-methyl/N-ethyl adjacent to an activating group) is 1. The van der Waals surface area contributed by atoms with E-state index in [0.29, 0.717) is 22.8 Å². The average molecular weight is 393 g/mol. The molecule has 2 N–H and O–H groups in total. The molecule has 0 atom stereocenters. The van der Waals surface area contributed by atoms with Crippen LogP contribution >= 0.6 is 0 Å². The second kappa shape index (κ2) is 8.05. The highest BCUT2D eigenvalue weighted by Gasteiger charge is 2.14. The van der Waals surface area contributed by atoms with Gasteiger partial charge < -0.3 is 15.1 Å². The van der Waals surface area contributed by atoms with Gasteiger partial charge in [0.05, 0.1) is 11.3 Å². The van der Waals surface area contributed by atoms with Crippen molar-refractivity contribution in [2.75, 3.05) is 43.4 Å². The first-order chi connectivity index (χ1) is 14.0. The summed E-state index contributed by atoms with van der Waals surface area (Å²) in [5.74, 6) is -0.0241. The number of nitrogens with zero attached hydrogens (tertiary/aromatic N) is 3. The van der Waals surface area contributed by atoms with Crippen LogP contribution in [-0.2, 0) is 0 Å². The van der Waals surface area contributed by atoms with E-state index in [1.807, 2.05) is 12.1 Å². The second-order valence-corrected chi connectivity index (χ2v) is 7.35. The van der Waals surface area contributed by atoms with Gasteiger partial charge in [-0.05, 0) is 55.9 Å². The summed E-state index contributed by atoms with van der Waals surface area (Å²) in [6.07, 6.45) is 0. The summed E-state index contributed by atoms with van der Waals surface area (Å²) in [7, 11) is 2.14. The van der Waals surface area contributed by atoms with Gasteiger partial charge in [0.1, 0.15) is 5.82 Å². The van der Waals surface area contributed by atoms with E-state index in [2.05, 4.69) is 44.3 Å². The normalized spacial score (nSPS) is 14.8. The first-order valence-electron chi connectivity index (χ1n) is 9.67. The van der Waals surface area contributed by atoms with Crippen LogP contribution < -0.4 is 15.8 Å². The zero-order chi connectivity index (χ0) is 20.4. The van der Waals surface area contributed by atoms with E-state index in [4.69, 9.17) is 0 Å². The highest BCUT2D eigenvalue weighted by Crippen LogP contribution is 2.23. The molecule has 1 fully saturated rings. The summed E-state index contributed by atoms with van der Waals surface area (Å²) in [6.45, 7) is 5.89. The van der Waals surface area contributed by atoms with Crippen molar-refractivity contribution in [1.29, 1.82) is 0 Å². The van der Waals surface area contributed by atoms with E-state index < -0.39 is 0 Å². The quantitative estimate of drug-likeness (QED) is 0.712. The number of benzene rings is 2. The van der Waals surface area contributed by atoms with Gasteiger partial charge in [-0.1, -0.05) is 12.1 Å². The predicted molar refractivity (Wildman–Crippen MR) is 114 cm³/mol. The molecule has 1 saturated heterocycles. The SMILES string of the molecule is Cc1nc(Nc2ccc(N3CCN(C)CC3)cc2)[nH]c(=O)c1-c1cccc(F)c1. The lowest BCUT2D eigenvalue weighted by Gasteiger charge is -2.34. The van der Waals surface area contributed by atoms with Gasteiger partial charge in [0, 0.05) is 37.6 Å². The number of piperazine rings is 1. The Hall–Kier alpha value is -3.19. The Kier molecular flexibility index (Phi) is 5.31. The maximum absolute atomic E-state index is 13.5. The minimum atomic E-state index is -0.385. The molecule has 0 bridgehead atoms. The van der Waals surface area contributed by atoms with Gasteiger partial charge >= 0.3 is 0 Å². The monoisotopic (exact) mass is 393 g/mol. The molecular formula is C22H24FN5O. The maximum Gasteiger partial charge on any atom is 0.260 e. The van der Waals surface area contributed by atoms with Crippen molar-refractivity contribution in [2.45, 2.75) is 6.92 Å². The third-order valence-electron chi connectivity index (χ3n) is 5.21. The lowest BCUT2D eigenvalue weighted by atomic mass is 10.1. The van der Waals surface area contributed by atoms with E-state index in [-0.39, 0.29) is 11.4 Å². The van der Waals surface area contributed by atoms with Crippen molar-refractivity contribution in [1.82, 2.24) is 14.9 Å². The van der Waals surface area contributed by atoms with Gasteiger partial charge in [-0.3, -0.25) is 9.78 Å². The third-order valence-corrected chi connectivity index (χ3v) is 5.21. The zero-order valence-corrected chi connectivity index (χ0v) is 16.6. The molecule has 4 rings (SSSR count). The van der Waals surface area contributed by atoms with Crippen molar-refractivity contribution >= 4 is 17.3 Å². The highest BCUT2D eigenvalue weighted by molar-refractivity contribution is 5.66. The molecule has 6 nitrogen and oxygen atoms in total. The van der Waals surface area contributed by atoms with Crippen molar-refractivity contribution in [3.05, 3.63) is 70.4 Å². The molecule has 0 spiro atoms. The molecule has 1 aliphatic rings. The molecule has 7 heteroatoms. The third kappa shape index (κ3) is 4.30. The molecule has 0 unspecified atom stereocenters. The predicted octanol–water partition coefficient (Wildman–Crippen LogP) is 3.38. The molecule has 150 valence electrons. The Labute approximate surface area is 169 Å². The van der Waals surface area contributed by atoms with Gasteiger partial charge in [-0.25, -0.2) is 9.37 Å². The second-order valence-electron chi connectivity index (χ2n) is 7.35. The number of hydrogen-bond acceptors (Lipinski definition) is 5. The van der Waals surface area contributed by atoms with Gasteiger partial charge in [0.25, 0.3) is 5.56 Å². The largest absolute Gasteiger partial charge is 0.369 e. The van der Waals surface area contributed by atoms with Crippen LogP contribution in [-0.4, -0.2) is 48.1 Å². The Bertz CT molecular complexity index is 1060. The Morgan fingerprint density at radius 1 is 1.07 bits per heavy atom. The molecule has 2 aromatic carbocycles. The molecule has 0 saturated carbocycles. The number of nitrogens with one attached hydrogen (secondary N) is 2. The standard InChI is InChI=1S/C22H24FN5O/c1-15-20(16-4-3-5-17(23)14-16)21(29)26-22(24-15)25-18-6-8-19(9-7-18)28-12-10-27(2)11-13-28/h3-9,14H,10-13H2,1-2H3,(H2,24,25,26,29). The fourth-order valence-corrected chi connectivity index (χ4v) is 3.59. The van der Waals surface area contributed by atoms with Crippen LogP contribution in [0.3, 0.4) is 0 Å². The summed E-state index contributed by atoms with van der Waals surface area (Å²) in [5, 5.41) is 3.15. The Morgan fingerprint density at radius 3 is 2.45 bits per heavy atom. The van der Waals surface area contributed by atoms with Crippen molar-refractivity contribution in [3.8, 4) is 11.1 Å². The van der Waals surface area contributed by atoms with Crippen LogP contribution in [0, 0.1) is 12.7 Å². The number of H-pyrrole nitrogens is 1. The number of anilines is 3. The average Bonchev–Trinajstić information content (AvgIpc) is 2.69. The number of aromatic nitrogens is 2. The number of aryl methyl sites for hydroxylation is 1.